The fourth-order valence-corrected chi connectivity index (χ4v) is 5.21. The van der Waals surface area contributed by atoms with Gasteiger partial charge in [-0.15, -0.1) is 11.3 Å². The molecule has 1 atom stereocenters. The molecule has 4 nitrogen and oxygen atoms in total. The van der Waals surface area contributed by atoms with Crippen LogP contribution in [0.2, 0.25) is 0 Å². The van der Waals surface area contributed by atoms with E-state index in [-0.39, 0.29) is 5.91 Å². The monoisotopic (exact) mass is 383 g/mol. The van der Waals surface area contributed by atoms with Crippen LogP contribution in [0, 0.1) is 5.92 Å². The van der Waals surface area contributed by atoms with Crippen LogP contribution < -0.4 is 10.2 Å². The molecule has 2 aliphatic rings. The van der Waals surface area contributed by atoms with Gasteiger partial charge in [-0.05, 0) is 68.5 Å². The van der Waals surface area contributed by atoms with Crippen LogP contribution in [0.3, 0.4) is 0 Å². The van der Waals surface area contributed by atoms with Crippen molar-refractivity contribution in [3.05, 3.63) is 46.8 Å². The van der Waals surface area contributed by atoms with E-state index in [1.54, 1.807) is 11.3 Å². The molecular weight excluding hydrogens is 354 g/mol. The van der Waals surface area contributed by atoms with Crippen LogP contribution in [0.1, 0.15) is 41.4 Å². The predicted octanol–water partition coefficient (Wildman–Crippen LogP) is 4.29. The normalized spacial score (nSPS) is 19.9. The zero-order valence-corrected chi connectivity index (χ0v) is 16.9. The lowest BCUT2D eigenvalue weighted by molar-refractivity contribution is 0.0954. The number of hydrogen-bond acceptors (Lipinski definition) is 4. The first kappa shape index (κ1) is 18.5. The van der Waals surface area contributed by atoms with E-state index in [1.165, 1.54) is 37.2 Å². The number of para-hydroxylation sites is 1. The molecule has 2 aliphatic heterocycles. The lowest BCUT2D eigenvalue weighted by atomic mass is 10.0. The number of hydrogen-bond donors (Lipinski definition) is 1. The van der Waals surface area contributed by atoms with Crippen LogP contribution in [0.15, 0.2) is 36.4 Å². The maximum absolute atomic E-state index is 12.5. The average Bonchev–Trinajstić information content (AvgIpc) is 3.32. The molecule has 144 valence electrons. The van der Waals surface area contributed by atoms with E-state index in [4.69, 9.17) is 0 Å². The third-order valence-electron chi connectivity index (χ3n) is 5.65. The average molecular weight is 384 g/mol. The van der Waals surface area contributed by atoms with Gasteiger partial charge in [0.2, 0.25) is 0 Å². The lowest BCUT2D eigenvalue weighted by Gasteiger charge is -2.30. The lowest BCUT2D eigenvalue weighted by Crippen LogP contribution is -2.36. The van der Waals surface area contributed by atoms with Gasteiger partial charge in [0.05, 0.1) is 9.88 Å². The maximum atomic E-state index is 12.5. The smallest absolute Gasteiger partial charge is 0.261 e. The zero-order chi connectivity index (χ0) is 18.6. The number of thiophene rings is 1. The topological polar surface area (TPSA) is 35.6 Å². The Morgan fingerprint density at radius 3 is 3.00 bits per heavy atom. The van der Waals surface area contributed by atoms with Crippen molar-refractivity contribution < 1.29 is 4.79 Å². The Morgan fingerprint density at radius 2 is 2.11 bits per heavy atom. The highest BCUT2D eigenvalue weighted by Gasteiger charge is 2.22. The molecule has 1 amide bonds. The maximum Gasteiger partial charge on any atom is 0.261 e. The molecule has 0 radical (unpaired) electrons. The number of fused-ring (bicyclic) bond motifs is 1. The Morgan fingerprint density at radius 1 is 1.22 bits per heavy atom. The van der Waals surface area contributed by atoms with Crippen molar-refractivity contribution in [1.82, 2.24) is 10.2 Å². The first-order valence-electron chi connectivity index (χ1n) is 10.2. The number of benzene rings is 1. The molecule has 1 saturated heterocycles. The van der Waals surface area contributed by atoms with Crippen molar-refractivity contribution in [1.29, 1.82) is 0 Å². The van der Waals surface area contributed by atoms with Gasteiger partial charge in [-0.2, -0.15) is 0 Å². The van der Waals surface area contributed by atoms with Crippen LogP contribution in [0.4, 0.5) is 10.7 Å². The molecule has 1 fully saturated rings. The standard InChI is InChI=1S/C22H29N3OS/c1-17-6-4-13-24(16-17)14-5-12-23-22(26)20-9-10-21(27-20)25-15-11-18-7-2-3-8-19(18)25/h2-3,7-10,17H,4-6,11-16H2,1H3,(H,23,26). The number of likely N-dealkylation sites (tertiary alicyclic amines) is 1. The van der Waals surface area contributed by atoms with E-state index in [1.807, 2.05) is 6.07 Å². The summed E-state index contributed by atoms with van der Waals surface area (Å²) in [6, 6.07) is 12.6. The number of rotatable bonds is 6. The Bertz CT molecular complexity index is 787. The van der Waals surface area contributed by atoms with Crippen molar-refractivity contribution in [2.24, 2.45) is 5.92 Å². The number of nitrogens with zero attached hydrogens (tertiary/aromatic N) is 2. The largest absolute Gasteiger partial charge is 0.351 e. The highest BCUT2D eigenvalue weighted by atomic mass is 32.1. The summed E-state index contributed by atoms with van der Waals surface area (Å²) in [5.74, 6) is 0.874. The first-order chi connectivity index (χ1) is 13.2. The van der Waals surface area contributed by atoms with Gasteiger partial charge in [-0.3, -0.25) is 4.79 Å². The summed E-state index contributed by atoms with van der Waals surface area (Å²) < 4.78 is 0. The van der Waals surface area contributed by atoms with Crippen LogP contribution in [-0.4, -0.2) is 43.5 Å². The number of piperidine rings is 1. The minimum Gasteiger partial charge on any atom is -0.351 e. The molecule has 0 aliphatic carbocycles. The van der Waals surface area contributed by atoms with Gasteiger partial charge in [-0.1, -0.05) is 25.1 Å². The van der Waals surface area contributed by atoms with Crippen molar-refractivity contribution in [3.63, 3.8) is 0 Å². The van der Waals surface area contributed by atoms with Crippen LogP contribution >= 0.6 is 11.3 Å². The molecule has 0 bridgehead atoms. The number of carbonyl (C=O) groups is 1. The summed E-state index contributed by atoms with van der Waals surface area (Å²) in [5.41, 5.74) is 2.67. The zero-order valence-electron chi connectivity index (χ0n) is 16.1. The number of nitrogens with one attached hydrogen (secondary N) is 1. The molecule has 0 spiro atoms. The number of amides is 1. The molecule has 1 N–H and O–H groups in total. The van der Waals surface area contributed by atoms with Crippen LogP contribution in [-0.2, 0) is 6.42 Å². The molecule has 0 saturated carbocycles. The minimum absolute atomic E-state index is 0.0609. The van der Waals surface area contributed by atoms with Gasteiger partial charge in [0, 0.05) is 25.3 Å². The third-order valence-corrected chi connectivity index (χ3v) is 6.75. The predicted molar refractivity (Wildman–Crippen MR) is 113 cm³/mol. The van der Waals surface area contributed by atoms with Gasteiger partial charge >= 0.3 is 0 Å². The van der Waals surface area contributed by atoms with E-state index >= 15 is 0 Å². The second-order valence-corrected chi connectivity index (χ2v) is 8.89. The van der Waals surface area contributed by atoms with Gasteiger partial charge in [0.1, 0.15) is 0 Å². The molecule has 1 unspecified atom stereocenters. The fourth-order valence-electron chi connectivity index (χ4n) is 4.24. The molecule has 4 rings (SSSR count). The van der Waals surface area contributed by atoms with Gasteiger partial charge in [0.15, 0.2) is 0 Å². The summed E-state index contributed by atoms with van der Waals surface area (Å²) in [6.45, 7) is 7.59. The molecule has 27 heavy (non-hydrogen) atoms. The SMILES string of the molecule is CC1CCCN(CCCNC(=O)c2ccc(N3CCc4ccccc43)s2)C1. The summed E-state index contributed by atoms with van der Waals surface area (Å²) >= 11 is 1.59. The van der Waals surface area contributed by atoms with Crippen molar-refractivity contribution >= 4 is 27.9 Å². The number of anilines is 2. The second-order valence-electron chi connectivity index (χ2n) is 7.83. The van der Waals surface area contributed by atoms with E-state index in [9.17, 15) is 4.79 Å². The summed E-state index contributed by atoms with van der Waals surface area (Å²) in [6.07, 6.45) is 4.77. The minimum atomic E-state index is 0.0609. The van der Waals surface area contributed by atoms with Gasteiger partial charge in [0.25, 0.3) is 5.91 Å². The van der Waals surface area contributed by atoms with Crippen molar-refractivity contribution in [3.8, 4) is 0 Å². The molecule has 5 heteroatoms. The highest BCUT2D eigenvalue weighted by molar-refractivity contribution is 7.18. The van der Waals surface area contributed by atoms with E-state index in [0.717, 1.165) is 48.3 Å². The summed E-state index contributed by atoms with van der Waals surface area (Å²) in [5, 5.41) is 4.26. The van der Waals surface area contributed by atoms with Gasteiger partial charge < -0.3 is 15.1 Å². The molecule has 1 aromatic carbocycles. The van der Waals surface area contributed by atoms with E-state index in [0.29, 0.717) is 0 Å². The second kappa shape index (κ2) is 8.44. The molecule has 3 heterocycles. The Labute approximate surface area is 166 Å². The molecule has 2 aromatic rings. The fraction of sp³-hybridized carbons (Fsp3) is 0.500. The number of carbonyl (C=O) groups excluding carboxylic acids is 1. The first-order valence-corrected chi connectivity index (χ1v) is 11.0. The van der Waals surface area contributed by atoms with Crippen LogP contribution in [0.25, 0.3) is 0 Å². The Balaban J connectivity index is 1.27. The van der Waals surface area contributed by atoms with Crippen molar-refractivity contribution in [2.45, 2.75) is 32.6 Å². The van der Waals surface area contributed by atoms with E-state index < -0.39 is 0 Å². The van der Waals surface area contributed by atoms with Gasteiger partial charge in [-0.25, -0.2) is 0 Å². The highest BCUT2D eigenvalue weighted by Crippen LogP contribution is 2.38. The summed E-state index contributed by atoms with van der Waals surface area (Å²) in [4.78, 5) is 18.2. The summed E-state index contributed by atoms with van der Waals surface area (Å²) in [7, 11) is 0. The Kier molecular flexibility index (Phi) is 5.79. The molecular formula is C22H29N3OS. The van der Waals surface area contributed by atoms with Crippen LogP contribution in [0.5, 0.6) is 0 Å². The van der Waals surface area contributed by atoms with Crippen molar-refractivity contribution in [2.75, 3.05) is 37.6 Å². The third kappa shape index (κ3) is 4.36. The Hall–Kier alpha value is -1.85. The quantitative estimate of drug-likeness (QED) is 0.756. The van der Waals surface area contributed by atoms with E-state index in [2.05, 4.69) is 52.4 Å². The molecule has 1 aromatic heterocycles.